The summed E-state index contributed by atoms with van der Waals surface area (Å²) in [7, 11) is 0. The van der Waals surface area contributed by atoms with Crippen LogP contribution < -0.4 is 10.1 Å². The monoisotopic (exact) mass is 466 g/mol. The van der Waals surface area contributed by atoms with Gasteiger partial charge in [-0.15, -0.1) is 11.3 Å². The highest BCUT2D eigenvalue weighted by atomic mass is 35.5. The average Bonchev–Trinajstić information content (AvgIpc) is 3.39. The SMILES string of the molecule is O=C(CCN1C(=O)NC2(CCCC2)C1=O)N=c1sccn1Cc1ccc(Cl)cc1Cl. The van der Waals surface area contributed by atoms with E-state index in [2.05, 4.69) is 10.3 Å². The third-order valence-corrected chi connectivity index (χ3v) is 6.87. The zero-order valence-electron chi connectivity index (χ0n) is 16.1. The van der Waals surface area contributed by atoms with Crippen molar-refractivity contribution in [1.82, 2.24) is 14.8 Å². The van der Waals surface area contributed by atoms with Crippen LogP contribution in [0.5, 0.6) is 0 Å². The minimum atomic E-state index is -0.758. The molecule has 1 aliphatic carbocycles. The standard InChI is InChI=1S/C20H20Cl2N4O3S/c21-14-4-3-13(15(22)11-14)12-25-9-10-30-19(25)23-16(27)5-8-26-17(28)20(24-18(26)29)6-1-2-7-20/h3-4,9-11H,1-2,5-8,12H2,(H,24,29). The van der Waals surface area contributed by atoms with E-state index in [1.807, 2.05) is 22.2 Å². The fraction of sp³-hybridized carbons (Fsp3) is 0.400. The highest BCUT2D eigenvalue weighted by Crippen LogP contribution is 2.35. The Bertz CT molecular complexity index is 1070. The molecule has 4 rings (SSSR count). The molecule has 1 saturated heterocycles. The number of rotatable bonds is 5. The van der Waals surface area contributed by atoms with Crippen molar-refractivity contribution in [3.8, 4) is 0 Å². The number of hydrogen-bond donors (Lipinski definition) is 1. The molecule has 1 N–H and O–H groups in total. The number of hydrogen-bond acceptors (Lipinski definition) is 4. The first-order valence-corrected chi connectivity index (χ1v) is 11.3. The van der Waals surface area contributed by atoms with Crippen molar-refractivity contribution in [1.29, 1.82) is 0 Å². The fourth-order valence-corrected chi connectivity index (χ4v) is 5.12. The number of halogens is 2. The average molecular weight is 467 g/mol. The first kappa shape index (κ1) is 21.1. The van der Waals surface area contributed by atoms with E-state index in [9.17, 15) is 14.4 Å². The minimum Gasteiger partial charge on any atom is -0.323 e. The smallest absolute Gasteiger partial charge is 0.323 e. The molecule has 4 amide bonds. The van der Waals surface area contributed by atoms with Crippen LogP contribution in [-0.2, 0) is 16.1 Å². The van der Waals surface area contributed by atoms with Gasteiger partial charge in [0.05, 0.1) is 6.54 Å². The summed E-state index contributed by atoms with van der Waals surface area (Å²) in [6.07, 6.45) is 4.97. The third-order valence-electron chi connectivity index (χ3n) is 5.49. The van der Waals surface area contributed by atoms with Gasteiger partial charge in [0.25, 0.3) is 5.91 Å². The lowest BCUT2D eigenvalue weighted by molar-refractivity contribution is -0.131. The topological polar surface area (TPSA) is 83.8 Å². The molecule has 2 aliphatic rings. The Labute approximate surface area is 187 Å². The summed E-state index contributed by atoms with van der Waals surface area (Å²) in [6, 6.07) is 4.84. The van der Waals surface area contributed by atoms with Crippen molar-refractivity contribution >= 4 is 52.4 Å². The molecule has 10 heteroatoms. The molecule has 7 nitrogen and oxygen atoms in total. The molecule has 30 heavy (non-hydrogen) atoms. The van der Waals surface area contributed by atoms with E-state index in [1.54, 1.807) is 12.1 Å². The number of imide groups is 1. The molecule has 1 saturated carbocycles. The van der Waals surface area contributed by atoms with Gasteiger partial charge in [-0.05, 0) is 30.5 Å². The number of carbonyl (C=O) groups excluding carboxylic acids is 3. The number of amides is 4. The predicted molar refractivity (Wildman–Crippen MR) is 115 cm³/mol. The second-order valence-electron chi connectivity index (χ2n) is 7.48. The van der Waals surface area contributed by atoms with Crippen LogP contribution in [0.2, 0.25) is 10.0 Å². The zero-order chi connectivity index (χ0) is 21.3. The Kier molecular flexibility index (Phi) is 5.99. The van der Waals surface area contributed by atoms with Crippen LogP contribution in [0.25, 0.3) is 0 Å². The summed E-state index contributed by atoms with van der Waals surface area (Å²) in [5, 5.41) is 5.74. The number of nitrogens with zero attached hydrogens (tertiary/aromatic N) is 3. The molecule has 1 aromatic heterocycles. The Morgan fingerprint density at radius 2 is 2.00 bits per heavy atom. The van der Waals surface area contributed by atoms with Crippen molar-refractivity contribution in [2.24, 2.45) is 4.99 Å². The number of thiazole rings is 1. The Balaban J connectivity index is 1.42. The van der Waals surface area contributed by atoms with Crippen LogP contribution >= 0.6 is 34.5 Å². The van der Waals surface area contributed by atoms with Gasteiger partial charge in [0.1, 0.15) is 5.54 Å². The Morgan fingerprint density at radius 1 is 1.23 bits per heavy atom. The molecular formula is C20H20Cl2N4O3S. The molecule has 1 spiro atoms. The molecule has 2 aromatic rings. The van der Waals surface area contributed by atoms with Gasteiger partial charge in [0.2, 0.25) is 5.91 Å². The number of urea groups is 1. The fourth-order valence-electron chi connectivity index (χ4n) is 3.91. The van der Waals surface area contributed by atoms with Gasteiger partial charge in [0, 0.05) is 34.6 Å². The highest BCUT2D eigenvalue weighted by Gasteiger charge is 2.52. The maximum atomic E-state index is 12.7. The summed E-state index contributed by atoms with van der Waals surface area (Å²) in [6.45, 7) is 0.476. The van der Waals surface area contributed by atoms with E-state index in [0.717, 1.165) is 23.3 Å². The van der Waals surface area contributed by atoms with E-state index in [-0.39, 0.29) is 24.8 Å². The van der Waals surface area contributed by atoms with Crippen LogP contribution in [0, 0.1) is 0 Å². The van der Waals surface area contributed by atoms with Crippen LogP contribution in [-0.4, -0.2) is 39.4 Å². The number of benzene rings is 1. The molecule has 1 aliphatic heterocycles. The van der Waals surface area contributed by atoms with Crippen molar-refractivity contribution in [3.63, 3.8) is 0 Å². The minimum absolute atomic E-state index is 0.0190. The maximum Gasteiger partial charge on any atom is 0.325 e. The van der Waals surface area contributed by atoms with Gasteiger partial charge in [-0.2, -0.15) is 4.99 Å². The van der Waals surface area contributed by atoms with Gasteiger partial charge >= 0.3 is 6.03 Å². The molecular weight excluding hydrogens is 447 g/mol. The molecule has 1 aromatic carbocycles. The number of nitrogens with one attached hydrogen (secondary N) is 1. The van der Waals surface area contributed by atoms with Crippen LogP contribution in [0.3, 0.4) is 0 Å². The Hall–Kier alpha value is -2.16. The van der Waals surface area contributed by atoms with E-state index < -0.39 is 11.6 Å². The lowest BCUT2D eigenvalue weighted by Crippen LogP contribution is -2.44. The van der Waals surface area contributed by atoms with Gasteiger partial charge in [-0.25, -0.2) is 4.79 Å². The summed E-state index contributed by atoms with van der Waals surface area (Å²) in [5.41, 5.74) is 0.0980. The summed E-state index contributed by atoms with van der Waals surface area (Å²) in [5.74, 6) is -0.609. The first-order chi connectivity index (χ1) is 14.4. The molecule has 0 radical (unpaired) electrons. The molecule has 158 valence electrons. The zero-order valence-corrected chi connectivity index (χ0v) is 18.4. The van der Waals surface area contributed by atoms with Gasteiger partial charge in [-0.3, -0.25) is 14.5 Å². The van der Waals surface area contributed by atoms with Crippen LogP contribution in [0.15, 0.2) is 34.8 Å². The van der Waals surface area contributed by atoms with Crippen molar-refractivity contribution < 1.29 is 14.4 Å². The van der Waals surface area contributed by atoms with Crippen LogP contribution in [0.1, 0.15) is 37.7 Å². The van der Waals surface area contributed by atoms with E-state index in [1.165, 1.54) is 11.3 Å². The quantitative estimate of drug-likeness (QED) is 0.683. The highest BCUT2D eigenvalue weighted by molar-refractivity contribution is 7.07. The van der Waals surface area contributed by atoms with Crippen molar-refractivity contribution in [2.45, 2.75) is 44.2 Å². The Morgan fingerprint density at radius 3 is 2.73 bits per heavy atom. The molecule has 2 fully saturated rings. The number of carbonyl (C=O) groups is 3. The van der Waals surface area contributed by atoms with Crippen molar-refractivity contribution in [3.05, 3.63) is 50.2 Å². The van der Waals surface area contributed by atoms with E-state index in [0.29, 0.717) is 34.2 Å². The van der Waals surface area contributed by atoms with Crippen LogP contribution in [0.4, 0.5) is 4.79 Å². The maximum absolute atomic E-state index is 12.7. The lowest BCUT2D eigenvalue weighted by atomic mass is 9.98. The lowest BCUT2D eigenvalue weighted by Gasteiger charge is -2.19. The van der Waals surface area contributed by atoms with Gasteiger partial charge in [0.15, 0.2) is 4.80 Å². The van der Waals surface area contributed by atoms with Crippen molar-refractivity contribution in [2.75, 3.05) is 6.54 Å². The third kappa shape index (κ3) is 4.17. The number of aromatic nitrogens is 1. The molecule has 0 unspecified atom stereocenters. The summed E-state index contributed by atoms with van der Waals surface area (Å²) in [4.78, 5) is 43.1. The molecule has 0 atom stereocenters. The van der Waals surface area contributed by atoms with Gasteiger partial charge < -0.3 is 9.88 Å². The molecule has 0 bridgehead atoms. The molecule has 2 heterocycles. The van der Waals surface area contributed by atoms with Gasteiger partial charge in [-0.1, -0.05) is 42.1 Å². The second kappa shape index (κ2) is 8.53. The first-order valence-electron chi connectivity index (χ1n) is 9.67. The second-order valence-corrected chi connectivity index (χ2v) is 9.20. The largest absolute Gasteiger partial charge is 0.325 e. The normalized spacial score (nSPS) is 18.5. The van der Waals surface area contributed by atoms with E-state index in [4.69, 9.17) is 23.2 Å². The van der Waals surface area contributed by atoms with E-state index >= 15 is 0 Å². The summed E-state index contributed by atoms with van der Waals surface area (Å²) >= 11 is 13.5. The summed E-state index contributed by atoms with van der Waals surface area (Å²) < 4.78 is 1.82. The predicted octanol–water partition coefficient (Wildman–Crippen LogP) is 3.59.